The third-order valence-corrected chi connectivity index (χ3v) is 4.29. The Bertz CT molecular complexity index is 430. The molecule has 1 aromatic carbocycles. The standard InChI is InChI=1S/C14H18BrNO/c1-10-3-4-11(2)13(5-10)9-16-8-12(7-15)6-14(16)17/h3-5,12H,6-9H2,1-2H3. The third kappa shape index (κ3) is 2.89. The minimum absolute atomic E-state index is 0.287. The zero-order chi connectivity index (χ0) is 12.4. The van der Waals surface area contributed by atoms with Gasteiger partial charge >= 0.3 is 0 Å². The van der Waals surface area contributed by atoms with Crippen LogP contribution in [0.3, 0.4) is 0 Å². The minimum atomic E-state index is 0.287. The van der Waals surface area contributed by atoms with Crippen LogP contribution in [0.1, 0.15) is 23.1 Å². The van der Waals surface area contributed by atoms with Gasteiger partial charge < -0.3 is 4.90 Å². The van der Waals surface area contributed by atoms with Gasteiger partial charge in [0, 0.05) is 24.8 Å². The van der Waals surface area contributed by atoms with Crippen molar-refractivity contribution in [2.75, 3.05) is 11.9 Å². The summed E-state index contributed by atoms with van der Waals surface area (Å²) in [6.07, 6.45) is 0.691. The van der Waals surface area contributed by atoms with Crippen LogP contribution in [-0.4, -0.2) is 22.7 Å². The highest BCUT2D eigenvalue weighted by atomic mass is 79.9. The molecule has 1 aromatic rings. The van der Waals surface area contributed by atoms with Gasteiger partial charge in [-0.3, -0.25) is 4.79 Å². The molecule has 0 saturated carbocycles. The molecule has 1 fully saturated rings. The Morgan fingerprint density at radius 2 is 2.18 bits per heavy atom. The van der Waals surface area contributed by atoms with Crippen molar-refractivity contribution in [1.29, 1.82) is 0 Å². The fraction of sp³-hybridized carbons (Fsp3) is 0.500. The monoisotopic (exact) mass is 295 g/mol. The number of amides is 1. The summed E-state index contributed by atoms with van der Waals surface area (Å²) in [4.78, 5) is 13.8. The van der Waals surface area contributed by atoms with Crippen LogP contribution in [0.4, 0.5) is 0 Å². The number of aryl methyl sites for hydroxylation is 2. The van der Waals surface area contributed by atoms with Gasteiger partial charge in [0.1, 0.15) is 0 Å². The van der Waals surface area contributed by atoms with E-state index in [0.717, 1.165) is 18.4 Å². The Morgan fingerprint density at radius 1 is 1.41 bits per heavy atom. The van der Waals surface area contributed by atoms with Crippen molar-refractivity contribution in [3.05, 3.63) is 34.9 Å². The number of halogens is 1. The lowest BCUT2D eigenvalue weighted by Gasteiger charge is -2.18. The summed E-state index contributed by atoms with van der Waals surface area (Å²) in [7, 11) is 0. The van der Waals surface area contributed by atoms with Crippen LogP contribution in [0.5, 0.6) is 0 Å². The number of carbonyl (C=O) groups is 1. The maximum absolute atomic E-state index is 11.8. The molecular weight excluding hydrogens is 278 g/mol. The van der Waals surface area contributed by atoms with Crippen LogP contribution in [0, 0.1) is 19.8 Å². The molecule has 3 heteroatoms. The van der Waals surface area contributed by atoms with Crippen molar-refractivity contribution < 1.29 is 4.79 Å². The first kappa shape index (κ1) is 12.6. The van der Waals surface area contributed by atoms with Gasteiger partial charge in [0.05, 0.1) is 0 Å². The minimum Gasteiger partial charge on any atom is -0.338 e. The van der Waals surface area contributed by atoms with E-state index in [1.807, 2.05) is 4.90 Å². The van der Waals surface area contributed by atoms with Crippen LogP contribution in [0.2, 0.25) is 0 Å². The molecule has 1 amide bonds. The molecule has 0 aromatic heterocycles. The van der Waals surface area contributed by atoms with E-state index in [4.69, 9.17) is 0 Å². The van der Waals surface area contributed by atoms with E-state index in [-0.39, 0.29) is 5.91 Å². The van der Waals surface area contributed by atoms with Crippen molar-refractivity contribution in [3.8, 4) is 0 Å². The molecule has 1 aliphatic heterocycles. The maximum atomic E-state index is 11.8. The quantitative estimate of drug-likeness (QED) is 0.785. The highest BCUT2D eigenvalue weighted by Gasteiger charge is 2.28. The van der Waals surface area contributed by atoms with Crippen molar-refractivity contribution in [2.24, 2.45) is 5.92 Å². The summed E-state index contributed by atoms with van der Waals surface area (Å²) in [5.74, 6) is 0.767. The van der Waals surface area contributed by atoms with Crippen molar-refractivity contribution >= 4 is 21.8 Å². The van der Waals surface area contributed by atoms with Crippen molar-refractivity contribution in [2.45, 2.75) is 26.8 Å². The van der Waals surface area contributed by atoms with E-state index in [1.165, 1.54) is 16.7 Å². The molecule has 0 radical (unpaired) electrons. The van der Waals surface area contributed by atoms with Crippen LogP contribution in [0.25, 0.3) is 0 Å². The SMILES string of the molecule is Cc1ccc(C)c(CN2CC(CBr)CC2=O)c1. The number of carbonyl (C=O) groups excluding carboxylic acids is 1. The number of hydrogen-bond acceptors (Lipinski definition) is 1. The number of rotatable bonds is 3. The lowest BCUT2D eigenvalue weighted by atomic mass is 10.1. The average molecular weight is 296 g/mol. The van der Waals surface area contributed by atoms with Gasteiger partial charge in [-0.2, -0.15) is 0 Å². The van der Waals surface area contributed by atoms with Crippen LogP contribution >= 0.6 is 15.9 Å². The third-order valence-electron chi connectivity index (χ3n) is 3.38. The Labute approximate surface area is 111 Å². The molecule has 0 spiro atoms. The Balaban J connectivity index is 2.11. The van der Waals surface area contributed by atoms with Crippen LogP contribution in [0.15, 0.2) is 18.2 Å². The Morgan fingerprint density at radius 3 is 2.82 bits per heavy atom. The van der Waals surface area contributed by atoms with Crippen molar-refractivity contribution in [3.63, 3.8) is 0 Å². The molecule has 92 valence electrons. The van der Waals surface area contributed by atoms with Gasteiger partial charge in [0.15, 0.2) is 0 Å². The van der Waals surface area contributed by atoms with E-state index in [1.54, 1.807) is 0 Å². The van der Waals surface area contributed by atoms with Gasteiger partial charge in [0.2, 0.25) is 5.91 Å². The van der Waals surface area contributed by atoms with Gasteiger partial charge in [-0.15, -0.1) is 0 Å². The highest BCUT2D eigenvalue weighted by Crippen LogP contribution is 2.23. The molecule has 2 rings (SSSR count). The average Bonchev–Trinajstić information content (AvgIpc) is 2.65. The smallest absolute Gasteiger partial charge is 0.223 e. The van der Waals surface area contributed by atoms with Crippen LogP contribution in [-0.2, 0) is 11.3 Å². The summed E-state index contributed by atoms with van der Waals surface area (Å²) in [6, 6.07) is 6.43. The number of hydrogen-bond donors (Lipinski definition) is 0. The van der Waals surface area contributed by atoms with Gasteiger partial charge in [0.25, 0.3) is 0 Å². The molecule has 1 saturated heterocycles. The van der Waals surface area contributed by atoms with E-state index < -0.39 is 0 Å². The normalized spacial score (nSPS) is 20.1. The molecule has 1 unspecified atom stereocenters. The molecule has 1 aliphatic rings. The largest absolute Gasteiger partial charge is 0.338 e. The molecular formula is C14H18BrNO. The number of nitrogens with zero attached hydrogens (tertiary/aromatic N) is 1. The first-order valence-electron chi connectivity index (χ1n) is 6.00. The first-order chi connectivity index (χ1) is 8.10. The summed E-state index contributed by atoms with van der Waals surface area (Å²) < 4.78 is 0. The summed E-state index contributed by atoms with van der Waals surface area (Å²) >= 11 is 3.46. The summed E-state index contributed by atoms with van der Waals surface area (Å²) in [5.41, 5.74) is 3.80. The topological polar surface area (TPSA) is 20.3 Å². The lowest BCUT2D eigenvalue weighted by molar-refractivity contribution is -0.128. The van der Waals surface area contributed by atoms with Gasteiger partial charge in [-0.05, 0) is 30.9 Å². The predicted molar refractivity (Wildman–Crippen MR) is 73.2 cm³/mol. The van der Waals surface area contributed by atoms with E-state index in [2.05, 4.69) is 48.0 Å². The van der Waals surface area contributed by atoms with Gasteiger partial charge in [-0.1, -0.05) is 39.7 Å². The van der Waals surface area contributed by atoms with Crippen molar-refractivity contribution in [1.82, 2.24) is 4.90 Å². The van der Waals surface area contributed by atoms with Crippen LogP contribution < -0.4 is 0 Å². The molecule has 17 heavy (non-hydrogen) atoms. The Hall–Kier alpha value is -0.830. The second-order valence-electron chi connectivity index (χ2n) is 4.93. The van der Waals surface area contributed by atoms with E-state index >= 15 is 0 Å². The first-order valence-corrected chi connectivity index (χ1v) is 7.12. The second kappa shape index (κ2) is 5.21. The number of likely N-dealkylation sites (tertiary alicyclic amines) is 1. The fourth-order valence-electron chi connectivity index (χ4n) is 2.29. The fourth-order valence-corrected chi connectivity index (χ4v) is 2.72. The zero-order valence-electron chi connectivity index (χ0n) is 10.4. The number of benzene rings is 1. The molecule has 1 atom stereocenters. The van der Waals surface area contributed by atoms with Gasteiger partial charge in [-0.25, -0.2) is 0 Å². The summed E-state index contributed by atoms with van der Waals surface area (Å²) in [6.45, 7) is 5.85. The van der Waals surface area contributed by atoms with E-state index in [9.17, 15) is 4.79 Å². The lowest BCUT2D eigenvalue weighted by Crippen LogP contribution is -2.25. The molecule has 0 N–H and O–H groups in total. The zero-order valence-corrected chi connectivity index (χ0v) is 12.0. The summed E-state index contributed by atoms with van der Waals surface area (Å²) in [5, 5.41) is 0.919. The Kier molecular flexibility index (Phi) is 3.87. The molecule has 0 bridgehead atoms. The van der Waals surface area contributed by atoms with E-state index in [0.29, 0.717) is 12.3 Å². The predicted octanol–water partition coefficient (Wildman–Crippen LogP) is 3.05. The molecule has 2 nitrogen and oxygen atoms in total. The maximum Gasteiger partial charge on any atom is 0.223 e. The number of alkyl halides is 1. The second-order valence-corrected chi connectivity index (χ2v) is 5.58. The molecule has 1 heterocycles. The highest BCUT2D eigenvalue weighted by molar-refractivity contribution is 9.09. The molecule has 0 aliphatic carbocycles.